The SMILES string of the molecule is C/C=C(\C)C(=O)N[C@@H](Cc1cnc[nH]1)C(=O)O. The molecule has 1 amide bonds. The minimum absolute atomic E-state index is 0.179. The monoisotopic (exact) mass is 237 g/mol. The molecule has 1 aromatic heterocycles. The predicted octanol–water partition coefficient (Wildman–Crippen LogP) is 0.488. The van der Waals surface area contributed by atoms with E-state index in [9.17, 15) is 9.59 Å². The van der Waals surface area contributed by atoms with Crippen LogP contribution in [0, 0.1) is 0 Å². The van der Waals surface area contributed by atoms with Gasteiger partial charge in [0, 0.05) is 23.9 Å². The number of H-pyrrole nitrogens is 1. The van der Waals surface area contributed by atoms with Gasteiger partial charge in [-0.2, -0.15) is 0 Å². The Morgan fingerprint density at radius 3 is 2.82 bits per heavy atom. The molecule has 0 aliphatic heterocycles. The summed E-state index contributed by atoms with van der Waals surface area (Å²) in [4.78, 5) is 29.1. The molecule has 0 fully saturated rings. The van der Waals surface area contributed by atoms with Gasteiger partial charge in [0.15, 0.2) is 0 Å². The summed E-state index contributed by atoms with van der Waals surface area (Å²) < 4.78 is 0. The number of hydrogen-bond donors (Lipinski definition) is 3. The fraction of sp³-hybridized carbons (Fsp3) is 0.364. The van der Waals surface area contributed by atoms with E-state index in [1.54, 1.807) is 19.9 Å². The molecule has 0 bridgehead atoms. The molecular formula is C11H15N3O3. The summed E-state index contributed by atoms with van der Waals surface area (Å²) in [5.74, 6) is -1.45. The van der Waals surface area contributed by atoms with Crippen molar-refractivity contribution in [3.05, 3.63) is 29.9 Å². The van der Waals surface area contributed by atoms with Crippen molar-refractivity contribution in [3.8, 4) is 0 Å². The van der Waals surface area contributed by atoms with Crippen LogP contribution in [0.2, 0.25) is 0 Å². The Kier molecular flexibility index (Phi) is 4.45. The number of carboxylic acids is 1. The van der Waals surface area contributed by atoms with Crippen LogP contribution in [0.4, 0.5) is 0 Å². The zero-order chi connectivity index (χ0) is 12.8. The topological polar surface area (TPSA) is 95.1 Å². The van der Waals surface area contributed by atoms with Crippen LogP contribution in [0.15, 0.2) is 24.2 Å². The number of nitrogens with zero attached hydrogens (tertiary/aromatic N) is 1. The molecule has 1 aromatic rings. The summed E-state index contributed by atoms with van der Waals surface area (Å²) in [6.07, 6.45) is 4.81. The number of carboxylic acid groups (broad SMARTS) is 1. The summed E-state index contributed by atoms with van der Waals surface area (Å²) in [7, 11) is 0. The maximum Gasteiger partial charge on any atom is 0.326 e. The van der Waals surface area contributed by atoms with Gasteiger partial charge in [-0.25, -0.2) is 9.78 Å². The van der Waals surface area contributed by atoms with Gasteiger partial charge < -0.3 is 15.4 Å². The van der Waals surface area contributed by atoms with Crippen LogP contribution in [0.25, 0.3) is 0 Å². The summed E-state index contributed by atoms with van der Waals surface area (Å²) in [6, 6.07) is -0.960. The molecule has 3 N–H and O–H groups in total. The van der Waals surface area contributed by atoms with Crippen molar-refractivity contribution < 1.29 is 14.7 Å². The Morgan fingerprint density at radius 1 is 1.65 bits per heavy atom. The van der Waals surface area contributed by atoms with Crippen LogP contribution in [0.5, 0.6) is 0 Å². The summed E-state index contributed by atoms with van der Waals surface area (Å²) in [6.45, 7) is 3.35. The number of aromatic nitrogens is 2. The molecule has 0 aliphatic carbocycles. The highest BCUT2D eigenvalue weighted by molar-refractivity contribution is 5.95. The van der Waals surface area contributed by atoms with Crippen LogP contribution in [-0.4, -0.2) is 33.0 Å². The van der Waals surface area contributed by atoms with E-state index in [0.717, 1.165) is 0 Å². The lowest BCUT2D eigenvalue weighted by molar-refractivity contribution is -0.141. The van der Waals surface area contributed by atoms with Crippen LogP contribution >= 0.6 is 0 Å². The standard InChI is InChI=1S/C11H15N3O3/c1-3-7(2)10(15)14-9(11(16)17)4-8-5-12-6-13-8/h3,5-6,9H,4H2,1-2H3,(H,12,13)(H,14,15)(H,16,17)/b7-3+/t9-/m0/s1. The van der Waals surface area contributed by atoms with Crippen LogP contribution < -0.4 is 5.32 Å². The maximum atomic E-state index is 11.5. The van der Waals surface area contributed by atoms with E-state index in [4.69, 9.17) is 5.11 Å². The number of nitrogens with one attached hydrogen (secondary N) is 2. The average molecular weight is 237 g/mol. The molecular weight excluding hydrogens is 222 g/mol. The van der Waals surface area contributed by atoms with Crippen LogP contribution in [0.1, 0.15) is 19.5 Å². The van der Waals surface area contributed by atoms with Gasteiger partial charge >= 0.3 is 5.97 Å². The molecule has 1 heterocycles. The average Bonchev–Trinajstić information content (AvgIpc) is 2.79. The van der Waals surface area contributed by atoms with Gasteiger partial charge in [0.2, 0.25) is 5.91 Å². The third-order valence-electron chi connectivity index (χ3n) is 2.37. The van der Waals surface area contributed by atoms with E-state index in [-0.39, 0.29) is 12.3 Å². The Balaban J connectivity index is 2.68. The molecule has 1 atom stereocenters. The summed E-state index contributed by atoms with van der Waals surface area (Å²) in [5, 5.41) is 11.5. The number of allylic oxidation sites excluding steroid dienone is 1. The first kappa shape index (κ1) is 13.0. The van der Waals surface area contributed by atoms with E-state index in [1.165, 1.54) is 12.5 Å². The lowest BCUT2D eigenvalue weighted by Gasteiger charge is -2.13. The van der Waals surface area contributed by atoms with E-state index in [2.05, 4.69) is 15.3 Å². The number of aromatic amines is 1. The van der Waals surface area contributed by atoms with Crippen molar-refractivity contribution in [1.29, 1.82) is 0 Å². The van der Waals surface area contributed by atoms with Gasteiger partial charge in [-0.3, -0.25) is 4.79 Å². The lowest BCUT2D eigenvalue weighted by atomic mass is 10.1. The van der Waals surface area contributed by atoms with E-state index in [0.29, 0.717) is 11.3 Å². The van der Waals surface area contributed by atoms with Crippen molar-refractivity contribution in [1.82, 2.24) is 15.3 Å². The number of imidazole rings is 1. The van der Waals surface area contributed by atoms with Gasteiger partial charge in [0.25, 0.3) is 0 Å². The predicted molar refractivity (Wildman–Crippen MR) is 61.3 cm³/mol. The molecule has 0 unspecified atom stereocenters. The van der Waals surface area contributed by atoms with Gasteiger partial charge in [0.1, 0.15) is 6.04 Å². The second-order valence-electron chi connectivity index (χ2n) is 3.62. The number of rotatable bonds is 5. The van der Waals surface area contributed by atoms with E-state index in [1.807, 2.05) is 0 Å². The van der Waals surface area contributed by atoms with Crippen molar-refractivity contribution in [2.45, 2.75) is 26.3 Å². The Bertz CT molecular complexity index is 423. The molecule has 0 saturated heterocycles. The summed E-state index contributed by atoms with van der Waals surface area (Å²) in [5.41, 5.74) is 1.15. The molecule has 0 spiro atoms. The first-order chi connectivity index (χ1) is 8.04. The highest BCUT2D eigenvalue weighted by atomic mass is 16.4. The molecule has 0 aliphatic rings. The highest BCUT2D eigenvalue weighted by Crippen LogP contribution is 2.01. The zero-order valence-electron chi connectivity index (χ0n) is 9.73. The highest BCUT2D eigenvalue weighted by Gasteiger charge is 2.21. The largest absolute Gasteiger partial charge is 0.480 e. The Morgan fingerprint density at radius 2 is 2.35 bits per heavy atom. The summed E-state index contributed by atoms with van der Waals surface area (Å²) >= 11 is 0. The van der Waals surface area contributed by atoms with E-state index < -0.39 is 12.0 Å². The molecule has 6 nitrogen and oxygen atoms in total. The van der Waals surface area contributed by atoms with Gasteiger partial charge in [-0.1, -0.05) is 6.08 Å². The van der Waals surface area contributed by atoms with Crippen molar-refractivity contribution in [2.75, 3.05) is 0 Å². The fourth-order valence-corrected chi connectivity index (χ4v) is 1.22. The van der Waals surface area contributed by atoms with Crippen LogP contribution in [-0.2, 0) is 16.0 Å². The maximum absolute atomic E-state index is 11.5. The molecule has 1 rings (SSSR count). The minimum atomic E-state index is -1.07. The second-order valence-corrected chi connectivity index (χ2v) is 3.62. The third-order valence-corrected chi connectivity index (χ3v) is 2.37. The van der Waals surface area contributed by atoms with Gasteiger partial charge in [-0.15, -0.1) is 0 Å². The number of aliphatic carboxylic acids is 1. The van der Waals surface area contributed by atoms with Gasteiger partial charge in [-0.05, 0) is 13.8 Å². The minimum Gasteiger partial charge on any atom is -0.480 e. The number of hydrogen-bond acceptors (Lipinski definition) is 3. The first-order valence-corrected chi connectivity index (χ1v) is 5.18. The first-order valence-electron chi connectivity index (χ1n) is 5.18. The number of carbonyl (C=O) groups is 2. The lowest BCUT2D eigenvalue weighted by Crippen LogP contribution is -2.42. The fourth-order valence-electron chi connectivity index (χ4n) is 1.22. The van der Waals surface area contributed by atoms with E-state index >= 15 is 0 Å². The Labute approximate surface area is 98.8 Å². The molecule has 6 heteroatoms. The van der Waals surface area contributed by atoms with Crippen molar-refractivity contribution >= 4 is 11.9 Å². The molecule has 17 heavy (non-hydrogen) atoms. The normalized spacial score (nSPS) is 13.2. The quantitative estimate of drug-likeness (QED) is 0.649. The second kappa shape index (κ2) is 5.83. The molecule has 0 saturated carbocycles. The third kappa shape index (κ3) is 3.75. The van der Waals surface area contributed by atoms with Gasteiger partial charge in [0.05, 0.1) is 6.33 Å². The smallest absolute Gasteiger partial charge is 0.326 e. The number of carbonyl (C=O) groups excluding carboxylic acids is 1. The zero-order valence-corrected chi connectivity index (χ0v) is 9.73. The molecule has 92 valence electrons. The molecule has 0 aromatic carbocycles. The van der Waals surface area contributed by atoms with Crippen molar-refractivity contribution in [2.24, 2.45) is 0 Å². The number of amides is 1. The van der Waals surface area contributed by atoms with Crippen molar-refractivity contribution in [3.63, 3.8) is 0 Å². The van der Waals surface area contributed by atoms with Crippen LogP contribution in [0.3, 0.4) is 0 Å². The molecule has 0 radical (unpaired) electrons. The Hall–Kier alpha value is -2.11.